The summed E-state index contributed by atoms with van der Waals surface area (Å²) in [7, 11) is 0. The molecule has 2 aromatic heterocycles. The third kappa shape index (κ3) is 5.39. The molecule has 0 amide bonds. The van der Waals surface area contributed by atoms with Crippen LogP contribution in [-0.2, 0) is 0 Å². The van der Waals surface area contributed by atoms with Crippen molar-refractivity contribution in [1.29, 1.82) is 0 Å². The Morgan fingerprint density at radius 2 is 1.21 bits per heavy atom. The molecule has 4 aromatic rings. The fourth-order valence-corrected chi connectivity index (χ4v) is 9.55. The monoisotopic (exact) mass is 556 g/mol. The van der Waals surface area contributed by atoms with Gasteiger partial charge in [-0.3, -0.25) is 0 Å². The van der Waals surface area contributed by atoms with E-state index in [-0.39, 0.29) is 0 Å². The average Bonchev–Trinajstić information content (AvgIpc) is 2.92. The van der Waals surface area contributed by atoms with Gasteiger partial charge in [0.15, 0.2) is 0 Å². The second-order valence-electron chi connectivity index (χ2n) is 11.6. The Balaban J connectivity index is 1.66. The van der Waals surface area contributed by atoms with E-state index in [1.807, 2.05) is 22.7 Å². The Kier molecular flexibility index (Phi) is 8.60. The van der Waals surface area contributed by atoms with Crippen molar-refractivity contribution >= 4 is 65.5 Å². The first kappa shape index (κ1) is 26.9. The first-order valence-electron chi connectivity index (χ1n) is 15.5. The number of benzene rings is 2. The summed E-state index contributed by atoms with van der Waals surface area (Å²) in [4.78, 5) is 1.30. The summed E-state index contributed by atoms with van der Waals surface area (Å²) >= 11 is 3.94. The van der Waals surface area contributed by atoms with Gasteiger partial charge >= 0.3 is 0 Å². The van der Waals surface area contributed by atoms with Crippen LogP contribution in [0.2, 0.25) is 0 Å². The number of aromatic nitrogens is 2. The van der Waals surface area contributed by atoms with E-state index in [0.29, 0.717) is 12.1 Å². The minimum absolute atomic E-state index is 0.548. The van der Waals surface area contributed by atoms with E-state index < -0.39 is 0 Å². The van der Waals surface area contributed by atoms with Crippen molar-refractivity contribution in [2.75, 3.05) is 0 Å². The summed E-state index contributed by atoms with van der Waals surface area (Å²) in [6.45, 7) is 6.45. The molecule has 2 heterocycles. The van der Waals surface area contributed by atoms with Gasteiger partial charge in [0, 0.05) is 12.1 Å². The number of hydrogen-bond donors (Lipinski definition) is 0. The van der Waals surface area contributed by atoms with Crippen molar-refractivity contribution in [1.82, 2.24) is 9.13 Å². The Hall–Kier alpha value is -2.30. The van der Waals surface area contributed by atoms with E-state index in [1.54, 1.807) is 0 Å². The zero-order valence-electron chi connectivity index (χ0n) is 23.7. The summed E-state index contributed by atoms with van der Waals surface area (Å²) in [6, 6.07) is 15.2. The van der Waals surface area contributed by atoms with Crippen LogP contribution in [0.15, 0.2) is 49.1 Å². The van der Waals surface area contributed by atoms with Crippen molar-refractivity contribution in [3.63, 3.8) is 0 Å². The van der Waals surface area contributed by atoms with E-state index in [0.717, 1.165) is 0 Å². The van der Waals surface area contributed by atoms with Crippen LogP contribution in [-0.4, -0.2) is 9.13 Å². The van der Waals surface area contributed by atoms with Crippen LogP contribution in [0.1, 0.15) is 119 Å². The van der Waals surface area contributed by atoms with Crippen LogP contribution in [0.3, 0.4) is 0 Å². The molecule has 0 unspecified atom stereocenters. The van der Waals surface area contributed by atoms with Crippen LogP contribution < -0.4 is 0 Å². The second kappa shape index (κ2) is 12.5. The maximum atomic E-state index is 4.30. The number of hydrogen-bond acceptors (Lipinski definition) is 2. The molecule has 0 N–H and O–H groups in total. The zero-order chi connectivity index (χ0) is 26.6. The number of rotatable bonds is 4. The highest BCUT2D eigenvalue weighted by Crippen LogP contribution is 2.43. The normalized spacial score (nSPS) is 18.8. The maximum Gasteiger partial charge on any atom is 0.0707 e. The van der Waals surface area contributed by atoms with Crippen molar-refractivity contribution < 1.29 is 0 Å². The first-order chi connectivity index (χ1) is 19.3. The topological polar surface area (TPSA) is 9.86 Å². The number of allylic oxidation sites excluding steroid dienone is 1. The summed E-state index contributed by atoms with van der Waals surface area (Å²) in [5.74, 6) is 0. The van der Waals surface area contributed by atoms with Crippen LogP contribution in [0, 0.1) is 0 Å². The smallest absolute Gasteiger partial charge is 0.0707 e. The number of fused-ring (bicyclic) bond motifs is 4. The molecular formula is C35H44N2S2. The highest BCUT2D eigenvalue weighted by molar-refractivity contribution is 7.30. The molecule has 0 atom stereocenters. The van der Waals surface area contributed by atoms with Gasteiger partial charge in [-0.25, -0.2) is 0 Å². The Morgan fingerprint density at radius 1 is 0.667 bits per heavy atom. The van der Waals surface area contributed by atoms with Crippen LogP contribution >= 0.6 is 22.7 Å². The van der Waals surface area contributed by atoms with Gasteiger partial charge in [-0.2, -0.15) is 0 Å². The standard InChI is InChI=1S/C35H44N2S2/c1-3-17-28-32(4-2)38-34-30(36(28)26-18-11-7-5-8-12-19-26)24-25-31-35(34)39-33-23-16-15-22-29(33)37(31)27-20-13-9-6-10-14-21-27/h3-4,15-17,22-27H,2,5-14,18-21H2,1H3/b17-3-. The third-order valence-electron chi connectivity index (χ3n) is 9.04. The highest BCUT2D eigenvalue weighted by atomic mass is 32.1. The molecule has 0 spiro atoms. The van der Waals surface area contributed by atoms with Gasteiger partial charge in [-0.05, 0) is 62.9 Å². The fourth-order valence-electron chi connectivity index (χ4n) is 7.15. The van der Waals surface area contributed by atoms with Gasteiger partial charge < -0.3 is 9.13 Å². The Bertz CT molecular complexity index is 1510. The summed E-state index contributed by atoms with van der Waals surface area (Å²) in [5.41, 5.74) is 5.58. The third-order valence-corrected chi connectivity index (χ3v) is 11.6. The van der Waals surface area contributed by atoms with Crippen molar-refractivity contribution in [3.8, 4) is 0 Å². The van der Waals surface area contributed by atoms with Gasteiger partial charge in [0.1, 0.15) is 0 Å². The highest BCUT2D eigenvalue weighted by Gasteiger charge is 2.23. The summed E-state index contributed by atoms with van der Waals surface area (Å²) in [5, 5.41) is 0. The largest absolute Gasteiger partial charge is 0.336 e. The lowest BCUT2D eigenvalue weighted by molar-refractivity contribution is 0.377. The Labute approximate surface area is 242 Å². The molecule has 2 saturated carbocycles. The molecule has 6 rings (SSSR count). The van der Waals surface area contributed by atoms with Crippen molar-refractivity contribution in [3.05, 3.63) is 59.6 Å². The van der Waals surface area contributed by atoms with E-state index in [9.17, 15) is 0 Å². The van der Waals surface area contributed by atoms with Crippen molar-refractivity contribution in [2.24, 2.45) is 0 Å². The quantitative estimate of drug-likeness (QED) is 0.175. The molecule has 2 aliphatic carbocycles. The first-order valence-corrected chi connectivity index (χ1v) is 17.1. The maximum absolute atomic E-state index is 4.30. The van der Waals surface area contributed by atoms with Gasteiger partial charge in [0.05, 0.1) is 41.2 Å². The predicted molar refractivity (Wildman–Crippen MR) is 176 cm³/mol. The number of para-hydroxylation sites is 1. The van der Waals surface area contributed by atoms with E-state index in [2.05, 4.69) is 77.3 Å². The van der Waals surface area contributed by atoms with Gasteiger partial charge in [-0.1, -0.05) is 95.1 Å². The number of nitrogens with zero attached hydrogens (tertiary/aromatic N) is 2. The summed E-state index contributed by atoms with van der Waals surface area (Å²) < 4.78 is 9.75. The Morgan fingerprint density at radius 3 is 1.82 bits per heavy atom. The van der Waals surface area contributed by atoms with E-state index >= 15 is 0 Å². The van der Waals surface area contributed by atoms with Crippen LogP contribution in [0.5, 0.6) is 0 Å². The van der Waals surface area contributed by atoms with Gasteiger partial charge in [0.25, 0.3) is 0 Å². The molecule has 2 nitrogen and oxygen atoms in total. The molecule has 2 aliphatic rings. The molecule has 4 heteroatoms. The molecular weight excluding hydrogens is 513 g/mol. The minimum atomic E-state index is 0.548. The molecule has 2 aromatic carbocycles. The predicted octanol–water partition coefficient (Wildman–Crippen LogP) is 12.2. The molecule has 0 radical (unpaired) electrons. The average molecular weight is 557 g/mol. The fraction of sp³-hybridized carbons (Fsp3) is 0.486. The molecule has 0 bridgehead atoms. The second-order valence-corrected chi connectivity index (χ2v) is 13.7. The molecule has 206 valence electrons. The molecule has 0 aliphatic heterocycles. The van der Waals surface area contributed by atoms with Crippen LogP contribution in [0.4, 0.5) is 0 Å². The molecule has 2 fully saturated rings. The molecule has 39 heavy (non-hydrogen) atoms. The SMILES string of the molecule is C=Cc1sc2c3sc4ccccc4n(C4CCCCCCC4)c3ccc2n(C2CCCCCCC2)c1/C=C\C. The lowest BCUT2D eigenvalue weighted by Crippen LogP contribution is -2.16. The van der Waals surface area contributed by atoms with E-state index in [1.165, 1.54) is 131 Å². The zero-order valence-corrected chi connectivity index (χ0v) is 25.3. The molecule has 0 saturated heterocycles. The lowest BCUT2D eigenvalue weighted by Gasteiger charge is -2.30. The minimum Gasteiger partial charge on any atom is -0.336 e. The van der Waals surface area contributed by atoms with Crippen LogP contribution in [0.25, 0.3) is 42.8 Å². The van der Waals surface area contributed by atoms with Crippen molar-refractivity contribution in [2.45, 2.75) is 109 Å². The van der Waals surface area contributed by atoms with E-state index in [4.69, 9.17) is 0 Å². The summed E-state index contributed by atoms with van der Waals surface area (Å²) in [6.07, 6.45) is 25.4. The van der Waals surface area contributed by atoms with Gasteiger partial charge in [0.2, 0.25) is 0 Å². The lowest BCUT2D eigenvalue weighted by atomic mass is 9.95. The van der Waals surface area contributed by atoms with Gasteiger partial charge in [-0.15, -0.1) is 22.7 Å².